The number of carboxylic acid groups (broad SMARTS) is 1. The van der Waals surface area contributed by atoms with E-state index < -0.39 is 27.3 Å². The van der Waals surface area contributed by atoms with Crippen LogP contribution >= 0.6 is 0 Å². The first kappa shape index (κ1) is 17.1. The molecule has 1 aromatic carbocycles. The highest BCUT2D eigenvalue weighted by atomic mass is 32.2. The van der Waals surface area contributed by atoms with Crippen molar-refractivity contribution in [2.24, 2.45) is 5.41 Å². The summed E-state index contributed by atoms with van der Waals surface area (Å²) in [6.45, 7) is 1.50. The molecule has 0 aliphatic heterocycles. The molecule has 1 aliphatic rings. The predicted molar refractivity (Wildman–Crippen MR) is 84.0 cm³/mol. The second-order valence-electron chi connectivity index (χ2n) is 5.26. The van der Waals surface area contributed by atoms with Gasteiger partial charge in [0.2, 0.25) is 15.9 Å². The van der Waals surface area contributed by atoms with Crippen LogP contribution in [0.1, 0.15) is 19.8 Å². The third kappa shape index (κ3) is 3.55. The van der Waals surface area contributed by atoms with Gasteiger partial charge in [0.1, 0.15) is 11.2 Å². The third-order valence-corrected chi connectivity index (χ3v) is 4.99. The van der Waals surface area contributed by atoms with Crippen LogP contribution < -0.4 is 14.8 Å². The molecule has 23 heavy (non-hydrogen) atoms. The molecule has 1 saturated carbocycles. The van der Waals surface area contributed by atoms with E-state index in [1.807, 2.05) is 0 Å². The molecule has 3 N–H and O–H groups in total. The van der Waals surface area contributed by atoms with Crippen LogP contribution in [0, 0.1) is 5.41 Å². The van der Waals surface area contributed by atoms with E-state index in [0.717, 1.165) is 0 Å². The maximum absolute atomic E-state index is 12.1. The van der Waals surface area contributed by atoms with E-state index in [1.165, 1.54) is 32.2 Å². The minimum absolute atomic E-state index is 0.0875. The zero-order chi connectivity index (χ0) is 17.3. The summed E-state index contributed by atoms with van der Waals surface area (Å²) in [7, 11) is -2.10. The molecule has 0 atom stereocenters. The SMILES string of the molecule is CCS(=O)(=O)Nc1ccc(NC(=O)C2(C(=O)O)CC2)cc1OC. The molecular formula is C14H18N2O6S. The van der Waals surface area contributed by atoms with Gasteiger partial charge in [0.05, 0.1) is 18.6 Å². The minimum atomic E-state index is -3.46. The molecule has 1 fully saturated rings. The number of anilines is 2. The first-order valence-electron chi connectivity index (χ1n) is 6.97. The Balaban J connectivity index is 2.19. The number of carbonyl (C=O) groups excluding carboxylic acids is 1. The Morgan fingerprint density at radius 1 is 1.35 bits per heavy atom. The van der Waals surface area contributed by atoms with E-state index >= 15 is 0 Å². The van der Waals surface area contributed by atoms with Crippen molar-refractivity contribution < 1.29 is 27.9 Å². The number of amides is 1. The molecule has 0 heterocycles. The highest BCUT2D eigenvalue weighted by Gasteiger charge is 2.57. The van der Waals surface area contributed by atoms with Crippen LogP contribution in [0.15, 0.2) is 18.2 Å². The van der Waals surface area contributed by atoms with Gasteiger partial charge >= 0.3 is 5.97 Å². The van der Waals surface area contributed by atoms with Gasteiger partial charge in [-0.15, -0.1) is 0 Å². The monoisotopic (exact) mass is 342 g/mol. The molecule has 1 aliphatic carbocycles. The number of sulfonamides is 1. The van der Waals surface area contributed by atoms with Gasteiger partial charge in [-0.25, -0.2) is 8.42 Å². The lowest BCUT2D eigenvalue weighted by Crippen LogP contribution is -2.31. The van der Waals surface area contributed by atoms with Gasteiger partial charge in [0.25, 0.3) is 0 Å². The number of hydrogen-bond donors (Lipinski definition) is 3. The summed E-state index contributed by atoms with van der Waals surface area (Å²) in [6, 6.07) is 4.36. The number of carboxylic acids is 1. The lowest BCUT2D eigenvalue weighted by atomic mass is 10.1. The fourth-order valence-electron chi connectivity index (χ4n) is 2.01. The minimum Gasteiger partial charge on any atom is -0.494 e. The summed E-state index contributed by atoms with van der Waals surface area (Å²) < 4.78 is 30.7. The van der Waals surface area contributed by atoms with Crippen molar-refractivity contribution >= 4 is 33.3 Å². The average molecular weight is 342 g/mol. The normalized spacial score (nSPS) is 15.6. The van der Waals surface area contributed by atoms with E-state index in [9.17, 15) is 18.0 Å². The highest BCUT2D eigenvalue weighted by molar-refractivity contribution is 7.92. The van der Waals surface area contributed by atoms with Crippen molar-refractivity contribution in [1.29, 1.82) is 0 Å². The Bertz CT molecular complexity index is 740. The van der Waals surface area contributed by atoms with Crippen LogP contribution in [-0.4, -0.2) is 38.3 Å². The summed E-state index contributed by atoms with van der Waals surface area (Å²) in [5, 5.41) is 11.6. The van der Waals surface area contributed by atoms with Gasteiger partial charge in [-0.1, -0.05) is 0 Å². The molecule has 2 rings (SSSR count). The standard InChI is InChI=1S/C14H18N2O6S/c1-3-23(20,21)16-10-5-4-9(8-11(10)22-2)15-12(17)14(6-7-14)13(18)19/h4-5,8,16H,3,6-7H2,1-2H3,(H,15,17)(H,18,19). The second kappa shape index (κ2) is 6.07. The van der Waals surface area contributed by atoms with Gasteiger partial charge < -0.3 is 15.2 Å². The third-order valence-electron chi connectivity index (χ3n) is 3.70. The molecule has 0 saturated heterocycles. The van der Waals surface area contributed by atoms with E-state index in [0.29, 0.717) is 18.5 Å². The second-order valence-corrected chi connectivity index (χ2v) is 7.27. The molecule has 0 radical (unpaired) electrons. The zero-order valence-electron chi connectivity index (χ0n) is 12.8. The van der Waals surface area contributed by atoms with Crippen molar-refractivity contribution in [2.45, 2.75) is 19.8 Å². The summed E-state index contributed by atoms with van der Waals surface area (Å²) in [5.74, 6) is -1.60. The number of benzene rings is 1. The molecule has 126 valence electrons. The maximum atomic E-state index is 12.1. The molecule has 1 aromatic rings. The van der Waals surface area contributed by atoms with E-state index in [-0.39, 0.29) is 17.2 Å². The molecule has 0 spiro atoms. The molecule has 1 amide bonds. The van der Waals surface area contributed by atoms with Crippen molar-refractivity contribution in [2.75, 3.05) is 22.9 Å². The molecule has 0 aromatic heterocycles. The van der Waals surface area contributed by atoms with Crippen LogP contribution in [-0.2, 0) is 19.6 Å². The van der Waals surface area contributed by atoms with Crippen LogP contribution in [0.3, 0.4) is 0 Å². The zero-order valence-corrected chi connectivity index (χ0v) is 13.6. The number of rotatable bonds is 7. The van der Waals surface area contributed by atoms with E-state index in [1.54, 1.807) is 0 Å². The average Bonchev–Trinajstić information content (AvgIpc) is 3.30. The number of ether oxygens (including phenoxy) is 1. The van der Waals surface area contributed by atoms with Crippen LogP contribution in [0.25, 0.3) is 0 Å². The Morgan fingerprint density at radius 2 is 2.00 bits per heavy atom. The molecule has 8 nitrogen and oxygen atoms in total. The van der Waals surface area contributed by atoms with Crippen molar-refractivity contribution in [3.05, 3.63) is 18.2 Å². The first-order valence-corrected chi connectivity index (χ1v) is 8.62. The van der Waals surface area contributed by atoms with Crippen LogP contribution in [0.2, 0.25) is 0 Å². The van der Waals surface area contributed by atoms with E-state index in [4.69, 9.17) is 9.84 Å². The van der Waals surface area contributed by atoms with Crippen molar-refractivity contribution in [3.63, 3.8) is 0 Å². The van der Waals surface area contributed by atoms with Gasteiger partial charge in [-0.3, -0.25) is 14.3 Å². The number of aliphatic carboxylic acids is 1. The molecule has 0 unspecified atom stereocenters. The summed E-state index contributed by atoms with van der Waals surface area (Å²) in [4.78, 5) is 23.2. The molecular weight excluding hydrogens is 324 g/mol. The Hall–Kier alpha value is -2.29. The topological polar surface area (TPSA) is 122 Å². The molecule has 9 heteroatoms. The fourth-order valence-corrected chi connectivity index (χ4v) is 2.65. The van der Waals surface area contributed by atoms with Crippen LogP contribution in [0.5, 0.6) is 5.75 Å². The van der Waals surface area contributed by atoms with E-state index in [2.05, 4.69) is 10.0 Å². The van der Waals surface area contributed by atoms with Crippen molar-refractivity contribution in [1.82, 2.24) is 0 Å². The van der Waals surface area contributed by atoms with Gasteiger partial charge in [0.15, 0.2) is 0 Å². The maximum Gasteiger partial charge on any atom is 0.319 e. The quantitative estimate of drug-likeness (QED) is 0.641. The van der Waals surface area contributed by atoms with Crippen molar-refractivity contribution in [3.8, 4) is 5.75 Å². The number of hydrogen-bond acceptors (Lipinski definition) is 5. The lowest BCUT2D eigenvalue weighted by molar-refractivity contribution is -0.147. The number of carbonyl (C=O) groups is 2. The summed E-state index contributed by atoms with van der Waals surface area (Å²) in [5.41, 5.74) is -0.777. The number of methoxy groups -OCH3 is 1. The summed E-state index contributed by atoms with van der Waals surface area (Å²) in [6.07, 6.45) is 0.610. The largest absolute Gasteiger partial charge is 0.494 e. The fraction of sp³-hybridized carbons (Fsp3) is 0.429. The Labute approximate surface area is 133 Å². The Kier molecular flexibility index (Phi) is 4.51. The van der Waals surface area contributed by atoms with Gasteiger partial charge in [0, 0.05) is 11.8 Å². The lowest BCUT2D eigenvalue weighted by Gasteiger charge is -2.14. The van der Waals surface area contributed by atoms with Crippen LogP contribution in [0.4, 0.5) is 11.4 Å². The molecule has 0 bridgehead atoms. The predicted octanol–water partition coefficient (Wildman–Crippen LogP) is 1.26. The summed E-state index contributed by atoms with van der Waals surface area (Å²) >= 11 is 0. The van der Waals surface area contributed by atoms with Gasteiger partial charge in [-0.2, -0.15) is 0 Å². The first-order chi connectivity index (χ1) is 10.7. The Morgan fingerprint density at radius 3 is 2.48 bits per heavy atom. The van der Waals surface area contributed by atoms with Gasteiger partial charge in [-0.05, 0) is 31.9 Å². The highest BCUT2D eigenvalue weighted by Crippen LogP contribution is 2.47. The number of nitrogens with one attached hydrogen (secondary N) is 2. The smallest absolute Gasteiger partial charge is 0.319 e.